The minimum absolute atomic E-state index is 0.150. The van der Waals surface area contributed by atoms with Gasteiger partial charge in [-0.3, -0.25) is 4.79 Å². The van der Waals surface area contributed by atoms with Crippen LogP contribution in [0.2, 0.25) is 5.02 Å². The van der Waals surface area contributed by atoms with Crippen LogP contribution in [0.25, 0.3) is 0 Å². The normalized spacial score (nSPS) is 10.4. The second-order valence-corrected chi connectivity index (χ2v) is 4.32. The van der Waals surface area contributed by atoms with E-state index in [1.54, 1.807) is 0 Å². The molecular formula is C14H8ClF3O2. The number of hydrogen-bond donors (Lipinski definition) is 0. The monoisotopic (exact) mass is 300 g/mol. The molecule has 0 heterocycles. The van der Waals surface area contributed by atoms with Crippen LogP contribution < -0.4 is 4.74 Å². The summed E-state index contributed by atoms with van der Waals surface area (Å²) >= 11 is 5.55. The number of carbonyl (C=O) groups is 1. The van der Waals surface area contributed by atoms with Gasteiger partial charge in [-0.2, -0.15) is 0 Å². The molecule has 0 aliphatic rings. The van der Waals surface area contributed by atoms with Crippen molar-refractivity contribution in [2.75, 3.05) is 6.61 Å². The van der Waals surface area contributed by atoms with Crippen molar-refractivity contribution in [3.8, 4) is 5.75 Å². The Bertz CT molecular complexity index is 659. The van der Waals surface area contributed by atoms with Crippen molar-refractivity contribution < 1.29 is 22.7 Å². The summed E-state index contributed by atoms with van der Waals surface area (Å²) in [5.41, 5.74) is -0.278. The molecule has 104 valence electrons. The quantitative estimate of drug-likeness (QED) is 0.797. The molecule has 0 saturated carbocycles. The van der Waals surface area contributed by atoms with E-state index in [-0.39, 0.29) is 16.3 Å². The molecule has 6 heteroatoms. The highest BCUT2D eigenvalue weighted by Crippen LogP contribution is 2.21. The van der Waals surface area contributed by atoms with Crippen LogP contribution >= 0.6 is 11.6 Å². The summed E-state index contributed by atoms with van der Waals surface area (Å²) in [6.45, 7) is -0.468. The van der Waals surface area contributed by atoms with Crippen LogP contribution in [0.15, 0.2) is 36.4 Å². The molecule has 0 aliphatic heterocycles. The van der Waals surface area contributed by atoms with Crippen molar-refractivity contribution in [1.82, 2.24) is 0 Å². The van der Waals surface area contributed by atoms with E-state index in [4.69, 9.17) is 16.3 Å². The molecule has 2 nitrogen and oxygen atoms in total. The molecule has 0 aliphatic carbocycles. The number of ether oxygens (including phenoxy) is 1. The number of carbonyl (C=O) groups excluding carboxylic acids is 1. The summed E-state index contributed by atoms with van der Waals surface area (Å²) < 4.78 is 44.1. The molecule has 2 aromatic carbocycles. The largest absolute Gasteiger partial charge is 0.485 e. The zero-order valence-electron chi connectivity index (χ0n) is 10.00. The standard InChI is InChI=1S/C14H8ClF3O2/c15-11-6-9(2-4-12(11)17)20-7-14(19)10-3-1-8(16)5-13(10)18/h1-6H,7H2. The van der Waals surface area contributed by atoms with Gasteiger partial charge in [-0.1, -0.05) is 11.6 Å². The Hall–Kier alpha value is -2.01. The second-order valence-electron chi connectivity index (χ2n) is 3.91. The Labute approximate surface area is 117 Å². The van der Waals surface area contributed by atoms with Crippen LogP contribution in [0.5, 0.6) is 5.75 Å². The Balaban J connectivity index is 2.06. The highest BCUT2D eigenvalue weighted by molar-refractivity contribution is 6.30. The van der Waals surface area contributed by atoms with Crippen molar-refractivity contribution in [3.05, 3.63) is 64.4 Å². The van der Waals surface area contributed by atoms with E-state index in [2.05, 4.69) is 0 Å². The Morgan fingerprint density at radius 3 is 2.45 bits per heavy atom. The van der Waals surface area contributed by atoms with Crippen molar-refractivity contribution in [1.29, 1.82) is 0 Å². The van der Waals surface area contributed by atoms with Gasteiger partial charge < -0.3 is 4.74 Å². The second kappa shape index (κ2) is 5.96. The first-order valence-corrected chi connectivity index (χ1v) is 5.91. The molecular weight excluding hydrogens is 293 g/mol. The average molecular weight is 301 g/mol. The van der Waals surface area contributed by atoms with Crippen LogP contribution in [-0.2, 0) is 0 Å². The molecule has 20 heavy (non-hydrogen) atoms. The number of ketones is 1. The van der Waals surface area contributed by atoms with E-state index in [1.165, 1.54) is 12.1 Å². The van der Waals surface area contributed by atoms with Gasteiger partial charge in [-0.05, 0) is 24.3 Å². The molecule has 0 atom stereocenters. The SMILES string of the molecule is O=C(COc1ccc(F)c(Cl)c1)c1ccc(F)cc1F. The Kier molecular flexibility index (Phi) is 4.29. The van der Waals surface area contributed by atoms with Crippen LogP contribution in [0, 0.1) is 17.5 Å². The number of benzene rings is 2. The Morgan fingerprint density at radius 2 is 1.80 bits per heavy atom. The van der Waals surface area contributed by atoms with Gasteiger partial charge in [0.25, 0.3) is 0 Å². The van der Waals surface area contributed by atoms with Crippen LogP contribution in [0.1, 0.15) is 10.4 Å². The van der Waals surface area contributed by atoms with Gasteiger partial charge in [0.2, 0.25) is 5.78 Å². The first kappa shape index (κ1) is 14.4. The molecule has 0 amide bonds. The third-order valence-corrected chi connectivity index (χ3v) is 2.78. The first-order chi connectivity index (χ1) is 9.47. The lowest BCUT2D eigenvalue weighted by Crippen LogP contribution is -2.13. The summed E-state index contributed by atoms with van der Waals surface area (Å²) in [4.78, 5) is 11.7. The number of halogens is 4. The van der Waals surface area contributed by atoms with E-state index in [1.807, 2.05) is 0 Å². The maximum atomic E-state index is 13.4. The lowest BCUT2D eigenvalue weighted by Gasteiger charge is -2.07. The molecule has 0 aromatic heterocycles. The molecule has 0 unspecified atom stereocenters. The van der Waals surface area contributed by atoms with E-state index in [9.17, 15) is 18.0 Å². The van der Waals surface area contributed by atoms with Gasteiger partial charge in [0.05, 0.1) is 10.6 Å². The maximum Gasteiger partial charge on any atom is 0.203 e. The molecule has 0 spiro atoms. The Morgan fingerprint density at radius 1 is 1.05 bits per heavy atom. The van der Waals surface area contributed by atoms with E-state index < -0.39 is 29.8 Å². The fourth-order valence-electron chi connectivity index (χ4n) is 1.51. The molecule has 0 N–H and O–H groups in total. The lowest BCUT2D eigenvalue weighted by atomic mass is 10.1. The molecule has 0 radical (unpaired) electrons. The summed E-state index contributed by atoms with van der Waals surface area (Å²) in [6, 6.07) is 6.20. The van der Waals surface area contributed by atoms with E-state index >= 15 is 0 Å². The van der Waals surface area contributed by atoms with Crippen LogP contribution in [0.3, 0.4) is 0 Å². The molecule has 0 fully saturated rings. The van der Waals surface area contributed by atoms with Crippen LogP contribution in [-0.4, -0.2) is 12.4 Å². The van der Waals surface area contributed by atoms with E-state index in [0.29, 0.717) is 6.07 Å². The average Bonchev–Trinajstić information content (AvgIpc) is 2.40. The van der Waals surface area contributed by atoms with Crippen molar-refractivity contribution in [2.24, 2.45) is 0 Å². The van der Waals surface area contributed by atoms with Gasteiger partial charge in [0.1, 0.15) is 23.2 Å². The summed E-state index contributed by atoms with van der Waals surface area (Å²) in [5, 5.41) is -0.150. The van der Waals surface area contributed by atoms with Gasteiger partial charge in [-0.15, -0.1) is 0 Å². The van der Waals surface area contributed by atoms with E-state index in [0.717, 1.165) is 18.2 Å². The van der Waals surface area contributed by atoms with Crippen molar-refractivity contribution in [2.45, 2.75) is 0 Å². The predicted molar refractivity (Wildman–Crippen MR) is 67.6 cm³/mol. The van der Waals surface area contributed by atoms with Gasteiger partial charge >= 0.3 is 0 Å². The summed E-state index contributed by atoms with van der Waals surface area (Å²) in [5.74, 6) is -2.84. The highest BCUT2D eigenvalue weighted by atomic mass is 35.5. The smallest absolute Gasteiger partial charge is 0.203 e. The number of rotatable bonds is 4. The minimum atomic E-state index is -0.962. The fourth-order valence-corrected chi connectivity index (χ4v) is 1.68. The topological polar surface area (TPSA) is 26.3 Å². The molecule has 0 bridgehead atoms. The van der Waals surface area contributed by atoms with Crippen molar-refractivity contribution in [3.63, 3.8) is 0 Å². The third-order valence-electron chi connectivity index (χ3n) is 2.49. The molecule has 0 saturated heterocycles. The zero-order valence-corrected chi connectivity index (χ0v) is 10.8. The minimum Gasteiger partial charge on any atom is -0.485 e. The summed E-state index contributed by atoms with van der Waals surface area (Å²) in [7, 11) is 0. The third kappa shape index (κ3) is 3.30. The summed E-state index contributed by atoms with van der Waals surface area (Å²) in [6.07, 6.45) is 0. The van der Waals surface area contributed by atoms with Crippen LogP contribution in [0.4, 0.5) is 13.2 Å². The highest BCUT2D eigenvalue weighted by Gasteiger charge is 2.13. The zero-order chi connectivity index (χ0) is 14.7. The van der Waals surface area contributed by atoms with Gasteiger partial charge in [0, 0.05) is 12.1 Å². The predicted octanol–water partition coefficient (Wildman–Crippen LogP) is 4.02. The molecule has 2 aromatic rings. The first-order valence-electron chi connectivity index (χ1n) is 5.53. The molecule has 2 rings (SSSR count). The maximum absolute atomic E-state index is 13.4. The van der Waals surface area contributed by atoms with Gasteiger partial charge in [0.15, 0.2) is 6.61 Å². The lowest BCUT2D eigenvalue weighted by molar-refractivity contribution is 0.0917. The number of Topliss-reactive ketones (excluding diaryl/α,β-unsaturated/α-hetero) is 1. The number of hydrogen-bond acceptors (Lipinski definition) is 2. The van der Waals surface area contributed by atoms with Crippen molar-refractivity contribution >= 4 is 17.4 Å². The fraction of sp³-hybridized carbons (Fsp3) is 0.0714. The van der Waals surface area contributed by atoms with Gasteiger partial charge in [-0.25, -0.2) is 13.2 Å².